The van der Waals surface area contributed by atoms with Crippen molar-refractivity contribution in [3.05, 3.63) is 95.3 Å². The van der Waals surface area contributed by atoms with Gasteiger partial charge in [0, 0.05) is 11.5 Å². The van der Waals surface area contributed by atoms with Crippen molar-refractivity contribution in [2.24, 2.45) is 0 Å². The minimum Gasteiger partial charge on any atom is -0.277 e. The van der Waals surface area contributed by atoms with Gasteiger partial charge in [-0.25, -0.2) is 0 Å². The minimum absolute atomic E-state index is 0.302. The summed E-state index contributed by atoms with van der Waals surface area (Å²) in [5.74, 6) is 0.302. The van der Waals surface area contributed by atoms with Crippen molar-refractivity contribution < 1.29 is 0 Å². The van der Waals surface area contributed by atoms with Gasteiger partial charge >= 0.3 is 0 Å². The Morgan fingerprint density at radius 1 is 1.15 bits per heavy atom. The molecule has 0 saturated carbocycles. The molecule has 2 heteroatoms. The van der Waals surface area contributed by atoms with E-state index in [1.165, 1.54) is 39.1 Å². The Kier molecular flexibility index (Phi) is 4.34. The Morgan fingerprint density at radius 3 is 2.69 bits per heavy atom. The first-order chi connectivity index (χ1) is 12.7. The largest absolute Gasteiger partial charge is 0.277 e. The SMILES string of the molecule is C=CC1=CCc2c(C(CC)c3cccc(-c4ccccc4)c3C)n[nH]c21. The van der Waals surface area contributed by atoms with Crippen LogP contribution in [0.2, 0.25) is 0 Å². The number of nitrogens with one attached hydrogen (secondary N) is 1. The summed E-state index contributed by atoms with van der Waals surface area (Å²) in [4.78, 5) is 0. The van der Waals surface area contributed by atoms with Crippen LogP contribution in [0.3, 0.4) is 0 Å². The number of hydrogen-bond donors (Lipinski definition) is 1. The first-order valence-electron chi connectivity index (χ1n) is 9.29. The lowest BCUT2D eigenvalue weighted by Gasteiger charge is -2.19. The van der Waals surface area contributed by atoms with Gasteiger partial charge in [0.05, 0.1) is 11.4 Å². The number of H-pyrrole nitrogens is 1. The average Bonchev–Trinajstić information content (AvgIpc) is 3.27. The van der Waals surface area contributed by atoms with E-state index in [4.69, 9.17) is 5.10 Å². The van der Waals surface area contributed by atoms with E-state index in [1.807, 2.05) is 6.08 Å². The van der Waals surface area contributed by atoms with E-state index in [0.29, 0.717) is 5.92 Å². The van der Waals surface area contributed by atoms with Crippen LogP contribution in [0.1, 0.15) is 47.3 Å². The molecular weight excluding hydrogens is 316 g/mol. The lowest BCUT2D eigenvalue weighted by atomic mass is 9.85. The van der Waals surface area contributed by atoms with E-state index in [0.717, 1.165) is 18.5 Å². The number of benzene rings is 2. The molecule has 2 nitrogen and oxygen atoms in total. The molecule has 0 saturated heterocycles. The molecule has 0 fully saturated rings. The van der Waals surface area contributed by atoms with E-state index in [1.54, 1.807) is 0 Å². The molecule has 1 aliphatic carbocycles. The van der Waals surface area contributed by atoms with Crippen molar-refractivity contribution >= 4 is 5.57 Å². The molecule has 1 aromatic heterocycles. The van der Waals surface area contributed by atoms with Gasteiger partial charge in [-0.1, -0.05) is 74.2 Å². The van der Waals surface area contributed by atoms with Gasteiger partial charge < -0.3 is 0 Å². The van der Waals surface area contributed by atoms with E-state index in [2.05, 4.69) is 80.1 Å². The standard InChI is InChI=1S/C24H24N2/c1-4-17-14-15-22-23(17)25-26-24(22)19(5-2)21-13-9-12-20(16(21)3)18-10-7-6-8-11-18/h4,6-14,19H,1,5,15H2,2-3H3,(H,25,26). The van der Waals surface area contributed by atoms with Crippen molar-refractivity contribution in [1.29, 1.82) is 0 Å². The van der Waals surface area contributed by atoms with E-state index in [-0.39, 0.29) is 0 Å². The summed E-state index contributed by atoms with van der Waals surface area (Å²) in [6, 6.07) is 17.3. The van der Waals surface area contributed by atoms with Crippen molar-refractivity contribution in [1.82, 2.24) is 10.2 Å². The highest BCUT2D eigenvalue weighted by atomic mass is 15.1. The minimum atomic E-state index is 0.302. The third-order valence-electron chi connectivity index (χ3n) is 5.51. The number of aromatic amines is 1. The predicted octanol–water partition coefficient (Wildman–Crippen LogP) is 6.05. The van der Waals surface area contributed by atoms with Crippen molar-refractivity contribution in [2.45, 2.75) is 32.6 Å². The smallest absolute Gasteiger partial charge is 0.0738 e. The normalized spacial score (nSPS) is 14.0. The van der Waals surface area contributed by atoms with Crippen molar-refractivity contribution in [2.75, 3.05) is 0 Å². The number of aromatic nitrogens is 2. The van der Waals surface area contributed by atoms with Crippen LogP contribution in [0.5, 0.6) is 0 Å². The van der Waals surface area contributed by atoms with E-state index < -0.39 is 0 Å². The summed E-state index contributed by atoms with van der Waals surface area (Å²) < 4.78 is 0. The molecule has 0 aliphatic heterocycles. The molecule has 4 rings (SSSR count). The second-order valence-electron chi connectivity index (χ2n) is 6.88. The summed E-state index contributed by atoms with van der Waals surface area (Å²) in [6.07, 6.45) is 6.12. The van der Waals surface area contributed by atoms with Gasteiger partial charge in [0.25, 0.3) is 0 Å². The molecule has 2 aromatic carbocycles. The number of allylic oxidation sites excluding steroid dienone is 3. The Labute approximate surface area is 155 Å². The molecule has 0 amide bonds. The van der Waals surface area contributed by atoms with Crippen LogP contribution in [-0.2, 0) is 6.42 Å². The first-order valence-corrected chi connectivity index (χ1v) is 9.29. The zero-order chi connectivity index (χ0) is 18.1. The molecule has 1 aliphatic rings. The fraction of sp³-hybridized carbons (Fsp3) is 0.208. The van der Waals surface area contributed by atoms with Crippen LogP contribution < -0.4 is 0 Å². The molecule has 0 bridgehead atoms. The Hall–Kier alpha value is -2.87. The highest BCUT2D eigenvalue weighted by Gasteiger charge is 2.26. The van der Waals surface area contributed by atoms with Gasteiger partial charge in [-0.2, -0.15) is 5.10 Å². The van der Waals surface area contributed by atoms with Gasteiger partial charge in [0.2, 0.25) is 0 Å². The fourth-order valence-electron chi connectivity index (χ4n) is 4.13. The van der Waals surface area contributed by atoms with Crippen LogP contribution in [0.15, 0.2) is 67.3 Å². The van der Waals surface area contributed by atoms with E-state index >= 15 is 0 Å². The maximum absolute atomic E-state index is 4.71. The topological polar surface area (TPSA) is 28.7 Å². The summed E-state index contributed by atoms with van der Waals surface area (Å²) in [5, 5.41) is 7.96. The molecular formula is C24H24N2. The third-order valence-corrected chi connectivity index (χ3v) is 5.51. The summed E-state index contributed by atoms with van der Waals surface area (Å²) in [5.41, 5.74) is 10.1. The van der Waals surface area contributed by atoms with Crippen LogP contribution in [0, 0.1) is 6.92 Å². The number of fused-ring (bicyclic) bond motifs is 1. The summed E-state index contributed by atoms with van der Waals surface area (Å²) in [6.45, 7) is 8.40. The Bertz CT molecular complexity index is 977. The maximum atomic E-state index is 4.71. The molecule has 26 heavy (non-hydrogen) atoms. The molecule has 1 N–H and O–H groups in total. The van der Waals surface area contributed by atoms with Crippen molar-refractivity contribution in [3.8, 4) is 11.1 Å². The van der Waals surface area contributed by atoms with Crippen LogP contribution in [0.4, 0.5) is 0 Å². The van der Waals surface area contributed by atoms with Gasteiger partial charge in [0.1, 0.15) is 0 Å². The van der Waals surface area contributed by atoms with Gasteiger partial charge in [-0.05, 0) is 47.6 Å². The fourth-order valence-corrected chi connectivity index (χ4v) is 4.13. The van der Waals surface area contributed by atoms with Gasteiger partial charge in [-0.15, -0.1) is 0 Å². The zero-order valence-electron chi connectivity index (χ0n) is 15.4. The van der Waals surface area contributed by atoms with Crippen LogP contribution >= 0.6 is 0 Å². The molecule has 130 valence electrons. The number of nitrogens with zero attached hydrogens (tertiary/aromatic N) is 1. The number of rotatable bonds is 5. The molecule has 0 radical (unpaired) electrons. The second-order valence-corrected chi connectivity index (χ2v) is 6.88. The Balaban J connectivity index is 1.79. The van der Waals surface area contributed by atoms with Crippen LogP contribution in [-0.4, -0.2) is 10.2 Å². The van der Waals surface area contributed by atoms with Crippen LogP contribution in [0.25, 0.3) is 16.7 Å². The maximum Gasteiger partial charge on any atom is 0.0738 e. The first kappa shape index (κ1) is 16.6. The second kappa shape index (κ2) is 6.80. The summed E-state index contributed by atoms with van der Waals surface area (Å²) >= 11 is 0. The summed E-state index contributed by atoms with van der Waals surface area (Å²) in [7, 11) is 0. The molecule has 1 atom stereocenters. The van der Waals surface area contributed by atoms with E-state index in [9.17, 15) is 0 Å². The predicted molar refractivity (Wildman–Crippen MR) is 109 cm³/mol. The highest BCUT2D eigenvalue weighted by molar-refractivity contribution is 5.78. The molecule has 0 spiro atoms. The molecule has 3 aromatic rings. The Morgan fingerprint density at radius 2 is 1.96 bits per heavy atom. The highest BCUT2D eigenvalue weighted by Crippen LogP contribution is 2.39. The zero-order valence-corrected chi connectivity index (χ0v) is 15.4. The number of hydrogen-bond acceptors (Lipinski definition) is 1. The quantitative estimate of drug-likeness (QED) is 0.601. The molecule has 1 heterocycles. The van der Waals surface area contributed by atoms with Crippen molar-refractivity contribution in [3.63, 3.8) is 0 Å². The lowest BCUT2D eigenvalue weighted by Crippen LogP contribution is -2.06. The van der Waals surface area contributed by atoms with Gasteiger partial charge in [-0.3, -0.25) is 5.10 Å². The third kappa shape index (κ3) is 2.62. The average molecular weight is 340 g/mol. The molecule has 1 unspecified atom stereocenters. The van der Waals surface area contributed by atoms with Gasteiger partial charge in [0.15, 0.2) is 0 Å². The lowest BCUT2D eigenvalue weighted by molar-refractivity contribution is 0.732. The monoisotopic (exact) mass is 340 g/mol.